The number of nitrogens with one attached hydrogen (secondary N) is 2. The molecule has 0 aliphatic heterocycles. The summed E-state index contributed by atoms with van der Waals surface area (Å²) < 4.78 is 26.2. The summed E-state index contributed by atoms with van der Waals surface area (Å²) in [4.78, 5) is 30.7. The maximum Gasteiger partial charge on any atom is 0.254 e. The summed E-state index contributed by atoms with van der Waals surface area (Å²) in [6.45, 7) is 5.09. The minimum Gasteiger partial charge on any atom is -0.350 e. The summed E-state index contributed by atoms with van der Waals surface area (Å²) in [5, 5.41) is 2.70. The topological polar surface area (TPSA) is 74.8 Å². The lowest BCUT2D eigenvalue weighted by Crippen LogP contribution is -2.28. The normalized spacial score (nSPS) is 12.0. The average Bonchev–Trinajstić information content (AvgIpc) is 2.48. The minimum atomic E-state index is -0.957. The van der Waals surface area contributed by atoms with Gasteiger partial charge in [-0.2, -0.15) is 0 Å². The zero-order valence-corrected chi connectivity index (χ0v) is 13.7. The molecule has 0 bridgehead atoms. The van der Waals surface area contributed by atoms with E-state index in [1.807, 2.05) is 0 Å². The van der Waals surface area contributed by atoms with Crippen molar-refractivity contribution < 1.29 is 13.6 Å². The van der Waals surface area contributed by atoms with Crippen molar-refractivity contribution in [3.05, 3.63) is 62.8 Å². The van der Waals surface area contributed by atoms with Gasteiger partial charge in [0.15, 0.2) is 11.6 Å². The largest absolute Gasteiger partial charge is 0.350 e. The Labute approximate surface area is 138 Å². The molecule has 2 N–H and O–H groups in total. The predicted molar refractivity (Wildman–Crippen MR) is 85.6 cm³/mol. The van der Waals surface area contributed by atoms with Gasteiger partial charge in [0.25, 0.3) is 5.56 Å². The second-order valence-electron chi connectivity index (χ2n) is 5.68. The van der Waals surface area contributed by atoms with E-state index in [9.17, 15) is 18.4 Å². The number of halogens is 2. The Hall–Kier alpha value is -2.57. The van der Waals surface area contributed by atoms with Gasteiger partial charge in [-0.25, -0.2) is 13.8 Å². The number of aromatic amines is 1. The summed E-state index contributed by atoms with van der Waals surface area (Å²) in [5.74, 6) is -1.65. The first kappa shape index (κ1) is 17.8. The number of benzene rings is 1. The Morgan fingerprint density at radius 1 is 1.29 bits per heavy atom. The Kier molecular flexibility index (Phi) is 5.43. The summed E-state index contributed by atoms with van der Waals surface area (Å²) >= 11 is 0. The van der Waals surface area contributed by atoms with Crippen molar-refractivity contribution in [3.63, 3.8) is 0 Å². The van der Waals surface area contributed by atoms with Crippen LogP contribution in [0.15, 0.2) is 23.0 Å². The Morgan fingerprint density at radius 2 is 2.00 bits per heavy atom. The summed E-state index contributed by atoms with van der Waals surface area (Å²) in [6, 6.07) is 3.03. The van der Waals surface area contributed by atoms with E-state index < -0.39 is 17.7 Å². The number of aromatic nitrogens is 2. The molecule has 5 nitrogen and oxygen atoms in total. The van der Waals surface area contributed by atoms with Gasteiger partial charge in [0, 0.05) is 17.7 Å². The van der Waals surface area contributed by atoms with Crippen molar-refractivity contribution in [2.45, 2.75) is 39.7 Å². The highest BCUT2D eigenvalue weighted by atomic mass is 19.2. The number of carbonyl (C=O) groups is 1. The van der Waals surface area contributed by atoms with Crippen molar-refractivity contribution in [1.82, 2.24) is 15.3 Å². The molecular weight excluding hydrogens is 316 g/mol. The molecule has 0 spiro atoms. The molecule has 1 aromatic carbocycles. The molecule has 2 rings (SSSR count). The smallest absolute Gasteiger partial charge is 0.254 e. The van der Waals surface area contributed by atoms with Gasteiger partial charge in [-0.3, -0.25) is 9.59 Å². The highest BCUT2D eigenvalue weighted by molar-refractivity contribution is 5.76. The SMILES string of the molecule is Cc1nc(C)c(CCC(=O)N[C@@H](C)c2ccc(F)c(F)c2)c(=O)[nH]1. The molecule has 0 aliphatic rings. The molecule has 7 heteroatoms. The minimum absolute atomic E-state index is 0.0999. The lowest BCUT2D eigenvalue weighted by molar-refractivity contribution is -0.121. The highest BCUT2D eigenvalue weighted by Crippen LogP contribution is 2.16. The van der Waals surface area contributed by atoms with Gasteiger partial charge in [0.2, 0.25) is 5.91 Å². The van der Waals surface area contributed by atoms with E-state index >= 15 is 0 Å². The zero-order chi connectivity index (χ0) is 17.9. The number of hydrogen-bond donors (Lipinski definition) is 2. The van der Waals surface area contributed by atoms with Crippen LogP contribution in [0.2, 0.25) is 0 Å². The molecule has 1 aromatic heterocycles. The number of hydrogen-bond acceptors (Lipinski definition) is 3. The third-order valence-corrected chi connectivity index (χ3v) is 3.76. The summed E-state index contributed by atoms with van der Waals surface area (Å²) in [7, 11) is 0. The fraction of sp³-hybridized carbons (Fsp3) is 0.353. The molecular formula is C17H19F2N3O2. The predicted octanol–water partition coefficient (Wildman–Crippen LogP) is 2.47. The Morgan fingerprint density at radius 3 is 2.62 bits per heavy atom. The molecule has 2 aromatic rings. The van der Waals surface area contributed by atoms with Gasteiger partial charge < -0.3 is 10.3 Å². The maximum atomic E-state index is 13.2. The number of rotatable bonds is 5. The van der Waals surface area contributed by atoms with Crippen molar-refractivity contribution in [1.29, 1.82) is 0 Å². The molecule has 0 radical (unpaired) electrons. The Balaban J connectivity index is 1.98. The number of aryl methyl sites for hydroxylation is 2. The van der Waals surface area contributed by atoms with E-state index in [1.165, 1.54) is 6.07 Å². The van der Waals surface area contributed by atoms with Crippen LogP contribution in [0.1, 0.15) is 42.0 Å². The maximum absolute atomic E-state index is 13.2. The average molecular weight is 335 g/mol. The second kappa shape index (κ2) is 7.33. The standard InChI is InChI=1S/C17H19F2N3O2/c1-9(12-4-6-14(18)15(19)8-12)21-16(23)7-5-13-10(2)20-11(3)22-17(13)24/h4,6,8-9H,5,7H2,1-3H3,(H,21,23)(H,20,22,24)/t9-/m0/s1. The van der Waals surface area contributed by atoms with Crippen LogP contribution in [0.4, 0.5) is 8.78 Å². The van der Waals surface area contributed by atoms with Crippen LogP contribution in [0.5, 0.6) is 0 Å². The molecule has 1 atom stereocenters. The molecule has 0 aliphatic carbocycles. The van der Waals surface area contributed by atoms with Crippen molar-refractivity contribution in [2.24, 2.45) is 0 Å². The lowest BCUT2D eigenvalue weighted by Gasteiger charge is -2.14. The van der Waals surface area contributed by atoms with Crippen molar-refractivity contribution in [2.75, 3.05) is 0 Å². The molecule has 0 fully saturated rings. The number of carbonyl (C=O) groups excluding carboxylic acids is 1. The van der Waals surface area contributed by atoms with Crippen LogP contribution < -0.4 is 10.9 Å². The Bertz CT molecular complexity index is 818. The number of nitrogens with zero attached hydrogens (tertiary/aromatic N) is 1. The van der Waals surface area contributed by atoms with Crippen molar-refractivity contribution in [3.8, 4) is 0 Å². The van der Waals surface area contributed by atoms with Gasteiger partial charge in [-0.05, 0) is 44.9 Å². The second-order valence-corrected chi connectivity index (χ2v) is 5.68. The molecule has 1 amide bonds. The van der Waals surface area contributed by atoms with Crippen LogP contribution in [0, 0.1) is 25.5 Å². The first-order chi connectivity index (χ1) is 11.3. The van der Waals surface area contributed by atoms with Gasteiger partial charge >= 0.3 is 0 Å². The van der Waals surface area contributed by atoms with E-state index in [0.29, 0.717) is 22.6 Å². The molecule has 128 valence electrons. The number of H-pyrrole nitrogens is 1. The molecule has 1 heterocycles. The fourth-order valence-electron chi connectivity index (χ4n) is 2.46. The van der Waals surface area contributed by atoms with Crippen LogP contribution in [-0.2, 0) is 11.2 Å². The molecule has 24 heavy (non-hydrogen) atoms. The quantitative estimate of drug-likeness (QED) is 0.881. The summed E-state index contributed by atoms with van der Waals surface area (Å²) in [6.07, 6.45) is 0.355. The van der Waals surface area contributed by atoms with E-state index in [0.717, 1.165) is 12.1 Å². The zero-order valence-electron chi connectivity index (χ0n) is 13.7. The molecule has 0 unspecified atom stereocenters. The molecule has 0 saturated heterocycles. The third-order valence-electron chi connectivity index (χ3n) is 3.76. The van der Waals surface area contributed by atoms with Gasteiger partial charge in [0.05, 0.1) is 6.04 Å². The molecule has 0 saturated carbocycles. The van der Waals surface area contributed by atoms with Crippen LogP contribution >= 0.6 is 0 Å². The first-order valence-corrected chi connectivity index (χ1v) is 7.58. The highest BCUT2D eigenvalue weighted by Gasteiger charge is 2.14. The van der Waals surface area contributed by atoms with E-state index in [-0.39, 0.29) is 24.3 Å². The first-order valence-electron chi connectivity index (χ1n) is 7.58. The van der Waals surface area contributed by atoms with E-state index in [1.54, 1.807) is 20.8 Å². The van der Waals surface area contributed by atoms with Gasteiger partial charge in [-0.1, -0.05) is 6.07 Å². The number of amides is 1. The van der Waals surface area contributed by atoms with Crippen LogP contribution in [0.3, 0.4) is 0 Å². The van der Waals surface area contributed by atoms with Crippen LogP contribution in [-0.4, -0.2) is 15.9 Å². The van der Waals surface area contributed by atoms with Gasteiger partial charge in [-0.15, -0.1) is 0 Å². The third kappa shape index (κ3) is 4.24. The van der Waals surface area contributed by atoms with E-state index in [4.69, 9.17) is 0 Å². The van der Waals surface area contributed by atoms with Gasteiger partial charge in [0.1, 0.15) is 5.82 Å². The fourth-order valence-corrected chi connectivity index (χ4v) is 2.46. The van der Waals surface area contributed by atoms with E-state index in [2.05, 4.69) is 15.3 Å². The summed E-state index contributed by atoms with van der Waals surface area (Å²) in [5.41, 5.74) is 1.28. The van der Waals surface area contributed by atoms with Crippen LogP contribution in [0.25, 0.3) is 0 Å². The monoisotopic (exact) mass is 335 g/mol. The van der Waals surface area contributed by atoms with Crippen molar-refractivity contribution >= 4 is 5.91 Å². The lowest BCUT2D eigenvalue weighted by atomic mass is 10.1.